The third kappa shape index (κ3) is 66.7. The highest BCUT2D eigenvalue weighted by Crippen LogP contribution is 2.58. The van der Waals surface area contributed by atoms with Gasteiger partial charge in [-0.25, -0.2) is 63.5 Å². The van der Waals surface area contributed by atoms with Crippen molar-refractivity contribution in [1.82, 2.24) is 0 Å². The quantitative estimate of drug-likeness (QED) is 0.00884. The molecule has 4 rings (SSSR count). The normalized spacial score (nSPS) is 28.3. The van der Waals surface area contributed by atoms with Crippen molar-refractivity contribution in [2.45, 2.75) is 214 Å². The first-order valence-corrected chi connectivity index (χ1v) is 59.2. The maximum absolute atomic E-state index is 11.4. The molecule has 12 unspecified atom stereocenters. The molecule has 0 heterocycles. The average molecular weight is 2420 g/mol. The van der Waals surface area contributed by atoms with Crippen molar-refractivity contribution < 1.29 is 380 Å². The Bertz CT molecular complexity index is 4100. The number of hydrogen-bond acceptors (Lipinski definition) is 53. The average Bonchev–Trinajstić information content (AvgIpc) is 0.781. The summed E-state index contributed by atoms with van der Waals surface area (Å²) < 4.78 is 303. The van der Waals surface area contributed by atoms with E-state index in [9.17, 15) is 123 Å². The first-order valence-electron chi connectivity index (χ1n) is 34.3. The number of hydrogen-bond donors (Lipinski definition) is 27. The molecule has 0 spiro atoms. The molecule has 0 bridgehead atoms. The summed E-state index contributed by atoms with van der Waals surface area (Å²) in [5.74, 6) is -1.44. The molecule has 828 valence electrons. The zero-order valence-corrected chi connectivity index (χ0v) is 85.0. The lowest BCUT2D eigenvalue weighted by Crippen LogP contribution is -2.68. The molecule has 4 aliphatic carbocycles. The van der Waals surface area contributed by atoms with E-state index < -0.39 is 302 Å². The van der Waals surface area contributed by atoms with Crippen molar-refractivity contribution in [3.05, 3.63) is 0 Å². The first kappa shape index (κ1) is 147. The van der Waals surface area contributed by atoms with Crippen LogP contribution in [0.25, 0.3) is 0 Å². The molecule has 4 saturated carbocycles. The maximum atomic E-state index is 11.4. The smallest absolute Gasteiger partial charge is 0.470 e. The van der Waals surface area contributed by atoms with Crippen LogP contribution in [0.3, 0.4) is 0 Å². The van der Waals surface area contributed by atoms with E-state index in [0.717, 1.165) is 6.92 Å². The van der Waals surface area contributed by atoms with Crippen LogP contribution in [0.4, 0.5) is 0 Å². The number of rotatable bonds is 47. The highest BCUT2D eigenvalue weighted by molar-refractivity contribution is 7.80. The Balaban J connectivity index is -0.000000542. The summed E-state index contributed by atoms with van der Waals surface area (Å²) in [6.45, 7) is 6.52. The van der Waals surface area contributed by atoms with Gasteiger partial charge in [0, 0.05) is 32.3 Å². The van der Waals surface area contributed by atoms with Gasteiger partial charge in [-0.2, -0.15) is 8.42 Å². The lowest BCUT2D eigenvalue weighted by Gasteiger charge is -2.50. The zero-order valence-electron chi connectivity index (χ0n) is 68.1. The fraction of sp³-hybridized carbons (Fsp3) is 1.00. The summed E-state index contributed by atoms with van der Waals surface area (Å²) in [5, 5.41) is 56.3. The Morgan fingerprint density at radius 3 is 0.514 bits per heavy atom. The van der Waals surface area contributed by atoms with Crippen LogP contribution in [0, 0.1) is 5.92 Å². The Morgan fingerprint density at radius 2 is 0.355 bits per heavy atom. The summed E-state index contributed by atoms with van der Waals surface area (Å²) in [6, 6.07) is 0. The van der Waals surface area contributed by atoms with Crippen LogP contribution >= 0.6 is 145 Å². The predicted molar refractivity (Wildman–Crippen MR) is 397 cm³/mol. The van der Waals surface area contributed by atoms with Crippen molar-refractivity contribution in [2.75, 3.05) is 26.4 Å². The topological polar surface area (TPSA) is 1330 Å². The van der Waals surface area contributed by atoms with Gasteiger partial charge in [0.25, 0.3) is 0 Å². The summed E-state index contributed by atoms with van der Waals surface area (Å²) >= 11 is 0. The molecular weight excluding hydrogens is 2340 g/mol. The second kappa shape index (κ2) is 68.1. The van der Waals surface area contributed by atoms with Crippen LogP contribution in [-0.4, -0.2) is 307 Å². The molecule has 0 aliphatic heterocycles. The minimum absolute atomic E-state index is 0.157. The van der Waals surface area contributed by atoms with Crippen molar-refractivity contribution in [3.63, 3.8) is 0 Å². The van der Waals surface area contributed by atoms with Crippen molar-refractivity contribution >= 4 is 156 Å². The van der Waals surface area contributed by atoms with E-state index in [0.29, 0.717) is 19.3 Å². The minimum atomic E-state index is -5.71. The fourth-order valence-electron chi connectivity index (χ4n) is 11.2. The van der Waals surface area contributed by atoms with Crippen molar-refractivity contribution in [2.24, 2.45) is 5.92 Å². The molecule has 80 nitrogen and oxygen atoms in total. The van der Waals surface area contributed by atoms with Gasteiger partial charge in [-0.05, 0) is 25.7 Å². The van der Waals surface area contributed by atoms with Crippen LogP contribution in [0.1, 0.15) is 73.1 Å². The monoisotopic (exact) mass is 2420 g/mol. The van der Waals surface area contributed by atoms with E-state index in [4.69, 9.17) is 169 Å². The number of unbranched alkanes of at least 4 members (excludes halogenated alkanes) is 2. The van der Waals surface area contributed by atoms with Gasteiger partial charge in [-0.1, -0.05) is 47.5 Å². The van der Waals surface area contributed by atoms with Gasteiger partial charge in [0.15, 0.2) is 0 Å². The van der Waals surface area contributed by atoms with Gasteiger partial charge in [0.05, 0.1) is 49.5 Å². The summed E-state index contributed by atoms with van der Waals surface area (Å²) in [5.41, 5.74) is 0. The van der Waals surface area contributed by atoms with Gasteiger partial charge in [-0.3, -0.25) is 86.2 Å². The van der Waals surface area contributed by atoms with Gasteiger partial charge >= 0.3 is 112 Å². The van der Waals surface area contributed by atoms with Crippen LogP contribution < -0.4 is 50.8 Å². The molecule has 4 aliphatic rings. The largest absolute Gasteiger partial charge is 0.772 e. The third-order valence-corrected chi connectivity index (χ3v) is 22.2. The van der Waals surface area contributed by atoms with Crippen molar-refractivity contribution in [3.8, 4) is 0 Å². The lowest BCUT2D eigenvalue weighted by molar-refractivity contribution is -0.745. The van der Waals surface area contributed by atoms with Crippen LogP contribution in [0.5, 0.6) is 0 Å². The van der Waals surface area contributed by atoms with E-state index in [2.05, 4.69) is 87.4 Å². The molecular formula is C39H86O80P18S-10. The SMILES string of the molecule is CCCCOC1C(OP(=O)(O)O)[C@H](O[O-])C(O[O-])[C@H](OP(=O)(O)O)[C@@H]1OP(=O)(O)O.CCCCOC1C(OS(=O)(=O)O)[C@H](O[O-])C(C)[C@H](OP(=O)(O)O)[C@@H]1OP(=O)(O)O.CCCO[C@@H]1C(OP(=O)(O)O)C(OP(=O)(O)O)[C@@H](OP(=O)(O)O)[C@@H](OP(=O)(O)O)C1O[O-].CCCO[C@H]1C(OP(=O)(O)O)C(OP(=O)(O)O)[C@@H](OP(=O)(O)O)[C@@H](OP(=O)(O)O)C1O[O-].O=P[O-].O=P[O-].O=P[O-].O=P[O-].O=P[O-]. The Morgan fingerprint density at radius 1 is 0.225 bits per heavy atom. The van der Waals surface area contributed by atoms with E-state index in [1.54, 1.807) is 13.8 Å². The van der Waals surface area contributed by atoms with E-state index in [1.165, 1.54) is 13.8 Å². The molecule has 24 atom stereocenters. The second-order valence-corrected chi connectivity index (χ2v) is 42.2. The molecule has 0 amide bonds. The summed E-state index contributed by atoms with van der Waals surface area (Å²) in [6.07, 6.45) is -50.8. The molecule has 99 heteroatoms. The molecule has 0 aromatic carbocycles. The van der Waals surface area contributed by atoms with Crippen molar-refractivity contribution in [1.29, 1.82) is 0 Å². The Hall–Kier alpha value is 1.04. The van der Waals surface area contributed by atoms with Crippen LogP contribution in [0.15, 0.2) is 0 Å². The minimum Gasteiger partial charge on any atom is -0.772 e. The highest BCUT2D eigenvalue weighted by atomic mass is 32.3. The molecule has 4 fully saturated rings. The first-order chi connectivity index (χ1) is 62.4. The predicted octanol–water partition coefficient (Wildman–Crippen LogP) is -11.9. The van der Waals surface area contributed by atoms with Crippen LogP contribution in [-0.2, 0) is 199 Å². The molecule has 0 aromatic heterocycles. The number of phosphoric acid groups is 13. The van der Waals surface area contributed by atoms with E-state index >= 15 is 0 Å². The van der Waals surface area contributed by atoms with E-state index in [-0.39, 0.29) is 45.7 Å². The number of phosphoric ester groups is 13. The summed E-state index contributed by atoms with van der Waals surface area (Å²) in [7, 11) is -82.9. The Labute approximate surface area is 777 Å². The lowest BCUT2D eigenvalue weighted by atomic mass is 9.79. The third-order valence-electron chi connectivity index (χ3n) is 15.0. The molecule has 138 heavy (non-hydrogen) atoms. The molecule has 0 saturated heterocycles. The molecule has 27 N–H and O–H groups in total. The maximum Gasteiger partial charge on any atom is 0.470 e. The highest BCUT2D eigenvalue weighted by Gasteiger charge is 2.64. The second-order valence-electron chi connectivity index (χ2n) is 24.9. The van der Waals surface area contributed by atoms with E-state index in [1.807, 2.05) is 0 Å². The van der Waals surface area contributed by atoms with Gasteiger partial charge in [0.1, 0.15) is 134 Å². The van der Waals surface area contributed by atoms with Gasteiger partial charge < -0.3 is 221 Å². The standard InChI is InChI=1S/C11H24O15P2S.C10H23O17P3.2C9H22O19P4.5HO2P/c1-3-4-5-22-9-10(25-28(16,17)18)8(24-27(13,14)15)6(2)7(23-12)11(9)26-29(19,20)21;1-2-3-4-22-5-8(25-28(13,14)15)6(23-11)7(24-12)10(27-30(19,20)21)9(5)26-29(16,17)18;2*1-2-3-23-4-5(24-10)7(26-30(14,15)16)9(28-32(20,21)22)8(27-31(17,18)19)6(4)25-29(11,12)13;5*1-3-2/h6-12H,3-5H2,1-2H3,(H2,13,14,15)(H2,16,17,18)(H,19,20,21);5-12H,2-4H2,1H3,(H2,13,14,15)(H2,16,17,18)(H2,19,20,21);2*4-10H,2-3H2,1H3,(H2,11,12,13)(H2,14,15,16)(H2,17,18,19)(H2,20,21,22);5*(H,1,2)/p-10/t6?,7-,8+,9?,10+,11?;5?,6-,7?,8?,9-,10+;4-,5?,6?,7+,8?,9+;4-,5?,6?,7-,8?,9-;;;;;/m1110...../s1. The Kier molecular flexibility index (Phi) is 72.8. The summed E-state index contributed by atoms with van der Waals surface area (Å²) in [4.78, 5) is 298. The van der Waals surface area contributed by atoms with Gasteiger partial charge in [-0.15, -0.1) is 0 Å². The fourth-order valence-corrected chi connectivity index (χ4v) is 19.0. The van der Waals surface area contributed by atoms with Gasteiger partial charge in [0.2, 0.25) is 0 Å². The number of ether oxygens (including phenoxy) is 4. The zero-order chi connectivity index (χ0) is 110. The van der Waals surface area contributed by atoms with Crippen LogP contribution in [0.2, 0.25) is 0 Å². The molecule has 0 aromatic rings. The molecule has 0 radical (unpaired) electrons.